The molecule has 0 radical (unpaired) electrons. The molecule has 6 nitrogen and oxygen atoms in total. The molecule has 1 aliphatic heterocycles. The van der Waals surface area contributed by atoms with E-state index in [4.69, 9.17) is 10.5 Å². The summed E-state index contributed by atoms with van der Waals surface area (Å²) in [7, 11) is 1.66. The molecule has 3 rings (SSSR count). The summed E-state index contributed by atoms with van der Waals surface area (Å²) in [5.74, 6) is 2.24. The largest absolute Gasteiger partial charge is 0.497 e. The van der Waals surface area contributed by atoms with Gasteiger partial charge in [0.2, 0.25) is 0 Å². The monoisotopic (exact) mass is 368 g/mol. The average Bonchev–Trinajstić information content (AvgIpc) is 3.21. The number of anilines is 1. The first kappa shape index (κ1) is 19.2. The molecule has 144 valence electrons. The summed E-state index contributed by atoms with van der Waals surface area (Å²) < 4.78 is 5.16. The minimum atomic E-state index is -0.0787. The molecule has 2 heterocycles. The number of methoxy groups -OCH3 is 1. The third-order valence-corrected chi connectivity index (χ3v) is 5.04. The van der Waals surface area contributed by atoms with E-state index in [2.05, 4.69) is 27.3 Å². The van der Waals surface area contributed by atoms with Gasteiger partial charge in [0.15, 0.2) is 0 Å². The Bertz CT molecular complexity index is 731. The lowest BCUT2D eigenvalue weighted by Gasteiger charge is -2.17. The highest BCUT2D eigenvalue weighted by Gasteiger charge is 2.22. The van der Waals surface area contributed by atoms with Crippen molar-refractivity contribution in [1.29, 1.82) is 0 Å². The first-order valence-electron chi connectivity index (χ1n) is 9.52. The summed E-state index contributed by atoms with van der Waals surface area (Å²) >= 11 is 0. The second kappa shape index (κ2) is 9.37. The van der Waals surface area contributed by atoms with Crippen LogP contribution in [-0.2, 0) is 6.42 Å². The number of carbonyl (C=O) groups excluding carboxylic acids is 1. The van der Waals surface area contributed by atoms with Gasteiger partial charge in [-0.25, -0.2) is 4.98 Å². The van der Waals surface area contributed by atoms with E-state index in [0.29, 0.717) is 24.6 Å². The summed E-state index contributed by atoms with van der Waals surface area (Å²) in [5, 5.41) is 2.96. The number of rotatable bonds is 8. The van der Waals surface area contributed by atoms with Crippen LogP contribution in [0.3, 0.4) is 0 Å². The second-order valence-electron chi connectivity index (χ2n) is 6.95. The van der Waals surface area contributed by atoms with Gasteiger partial charge >= 0.3 is 0 Å². The SMILES string of the molecule is COc1ccc(CCCNC(=O)c2ccc(N3CCC(CN)C3)nc2)cc1. The zero-order valence-electron chi connectivity index (χ0n) is 15.9. The number of nitrogens with two attached hydrogens (primary N) is 1. The molecule has 3 N–H and O–H groups in total. The number of ether oxygens (including phenoxy) is 1. The molecule has 27 heavy (non-hydrogen) atoms. The van der Waals surface area contributed by atoms with Crippen LogP contribution in [0.4, 0.5) is 5.82 Å². The molecule has 1 aromatic heterocycles. The molecule has 6 heteroatoms. The number of benzene rings is 1. The maximum atomic E-state index is 12.3. The molecule has 0 spiro atoms. The lowest BCUT2D eigenvalue weighted by Crippen LogP contribution is -2.26. The fourth-order valence-corrected chi connectivity index (χ4v) is 3.33. The standard InChI is InChI=1S/C21H28N4O2/c1-27-19-7-4-16(5-8-19)3-2-11-23-21(26)18-6-9-20(24-14-18)25-12-10-17(13-22)15-25/h4-9,14,17H,2-3,10-13,15,22H2,1H3,(H,23,26). The van der Waals surface area contributed by atoms with E-state index in [9.17, 15) is 4.79 Å². The van der Waals surface area contributed by atoms with Gasteiger partial charge in [-0.05, 0) is 61.6 Å². The average molecular weight is 368 g/mol. The number of nitrogens with one attached hydrogen (secondary N) is 1. The number of amides is 1. The van der Waals surface area contributed by atoms with Gasteiger partial charge in [0.1, 0.15) is 11.6 Å². The molecule has 0 bridgehead atoms. The van der Waals surface area contributed by atoms with E-state index in [0.717, 1.165) is 43.9 Å². The molecule has 1 saturated heterocycles. The van der Waals surface area contributed by atoms with Crippen molar-refractivity contribution >= 4 is 11.7 Å². The number of pyridine rings is 1. The number of hydrogen-bond acceptors (Lipinski definition) is 5. The van der Waals surface area contributed by atoms with Gasteiger partial charge in [-0.15, -0.1) is 0 Å². The van der Waals surface area contributed by atoms with E-state index in [-0.39, 0.29) is 5.91 Å². The Labute approximate surface area is 160 Å². The maximum absolute atomic E-state index is 12.3. The molecule has 1 aliphatic rings. The summed E-state index contributed by atoms with van der Waals surface area (Å²) in [6.07, 6.45) is 4.56. The van der Waals surface area contributed by atoms with Crippen molar-refractivity contribution in [2.75, 3.05) is 38.2 Å². The highest BCUT2D eigenvalue weighted by molar-refractivity contribution is 5.94. The lowest BCUT2D eigenvalue weighted by molar-refractivity contribution is 0.0953. The smallest absolute Gasteiger partial charge is 0.252 e. The first-order chi connectivity index (χ1) is 13.2. The van der Waals surface area contributed by atoms with Gasteiger partial charge in [0.25, 0.3) is 5.91 Å². The normalized spacial score (nSPS) is 16.4. The summed E-state index contributed by atoms with van der Waals surface area (Å²) in [5.41, 5.74) is 7.57. The molecule has 0 aliphatic carbocycles. The molecule has 1 aromatic carbocycles. The van der Waals surface area contributed by atoms with Crippen molar-refractivity contribution in [3.63, 3.8) is 0 Å². The van der Waals surface area contributed by atoms with Gasteiger partial charge in [-0.1, -0.05) is 12.1 Å². The topological polar surface area (TPSA) is 80.5 Å². The van der Waals surface area contributed by atoms with Crippen molar-refractivity contribution in [1.82, 2.24) is 10.3 Å². The van der Waals surface area contributed by atoms with E-state index < -0.39 is 0 Å². The summed E-state index contributed by atoms with van der Waals surface area (Å²) in [6, 6.07) is 11.8. The lowest BCUT2D eigenvalue weighted by atomic mass is 10.1. The van der Waals surface area contributed by atoms with Crippen LogP contribution in [0.15, 0.2) is 42.6 Å². The van der Waals surface area contributed by atoms with Crippen LogP contribution in [0.5, 0.6) is 5.75 Å². The second-order valence-corrected chi connectivity index (χ2v) is 6.95. The molecule has 1 fully saturated rings. The predicted octanol–water partition coefficient (Wildman–Crippen LogP) is 2.24. The van der Waals surface area contributed by atoms with Crippen LogP contribution < -0.4 is 20.7 Å². The maximum Gasteiger partial charge on any atom is 0.252 e. The van der Waals surface area contributed by atoms with E-state index in [1.54, 1.807) is 13.3 Å². The molecular weight excluding hydrogens is 340 g/mol. The zero-order chi connectivity index (χ0) is 19.1. The van der Waals surface area contributed by atoms with Crippen molar-refractivity contribution in [2.24, 2.45) is 11.7 Å². The Morgan fingerprint density at radius 3 is 2.74 bits per heavy atom. The van der Waals surface area contributed by atoms with Crippen LogP contribution in [-0.4, -0.2) is 44.2 Å². The van der Waals surface area contributed by atoms with Gasteiger partial charge in [-0.3, -0.25) is 4.79 Å². The first-order valence-corrected chi connectivity index (χ1v) is 9.52. The minimum absolute atomic E-state index is 0.0787. The molecule has 1 amide bonds. The summed E-state index contributed by atoms with van der Waals surface area (Å²) in [6.45, 7) is 3.27. The van der Waals surface area contributed by atoms with Crippen molar-refractivity contribution in [2.45, 2.75) is 19.3 Å². The van der Waals surface area contributed by atoms with Gasteiger partial charge in [-0.2, -0.15) is 0 Å². The van der Waals surface area contributed by atoms with Crippen LogP contribution in [0.2, 0.25) is 0 Å². The Morgan fingerprint density at radius 2 is 2.11 bits per heavy atom. The molecule has 1 unspecified atom stereocenters. The Hall–Kier alpha value is -2.60. The van der Waals surface area contributed by atoms with E-state index in [1.165, 1.54) is 5.56 Å². The van der Waals surface area contributed by atoms with Gasteiger partial charge in [0, 0.05) is 25.8 Å². The Balaban J connectivity index is 1.42. The van der Waals surface area contributed by atoms with Gasteiger partial charge in [0.05, 0.1) is 12.7 Å². The number of aromatic nitrogens is 1. The van der Waals surface area contributed by atoms with Crippen LogP contribution in [0.25, 0.3) is 0 Å². The van der Waals surface area contributed by atoms with Crippen molar-refractivity contribution < 1.29 is 9.53 Å². The van der Waals surface area contributed by atoms with Crippen LogP contribution >= 0.6 is 0 Å². The fourth-order valence-electron chi connectivity index (χ4n) is 3.33. The Morgan fingerprint density at radius 1 is 1.30 bits per heavy atom. The minimum Gasteiger partial charge on any atom is -0.497 e. The Kier molecular flexibility index (Phi) is 6.65. The number of nitrogens with zero attached hydrogens (tertiary/aromatic N) is 2. The number of carbonyl (C=O) groups is 1. The van der Waals surface area contributed by atoms with E-state index >= 15 is 0 Å². The predicted molar refractivity (Wildman–Crippen MR) is 107 cm³/mol. The van der Waals surface area contributed by atoms with E-state index in [1.807, 2.05) is 24.3 Å². The fraction of sp³-hybridized carbons (Fsp3) is 0.429. The number of aryl methyl sites for hydroxylation is 1. The molecule has 2 aromatic rings. The van der Waals surface area contributed by atoms with Crippen molar-refractivity contribution in [3.05, 3.63) is 53.7 Å². The third kappa shape index (κ3) is 5.20. The highest BCUT2D eigenvalue weighted by Crippen LogP contribution is 2.21. The number of hydrogen-bond donors (Lipinski definition) is 2. The molecular formula is C21H28N4O2. The highest BCUT2D eigenvalue weighted by atomic mass is 16.5. The molecule has 1 atom stereocenters. The third-order valence-electron chi connectivity index (χ3n) is 5.04. The van der Waals surface area contributed by atoms with Crippen LogP contribution in [0, 0.1) is 5.92 Å². The zero-order valence-corrected chi connectivity index (χ0v) is 15.9. The summed E-state index contributed by atoms with van der Waals surface area (Å²) in [4.78, 5) is 19.0. The van der Waals surface area contributed by atoms with Crippen molar-refractivity contribution in [3.8, 4) is 5.75 Å². The quantitative estimate of drug-likeness (QED) is 0.699. The van der Waals surface area contributed by atoms with Crippen LogP contribution in [0.1, 0.15) is 28.8 Å². The molecule has 0 saturated carbocycles. The van der Waals surface area contributed by atoms with Gasteiger partial charge < -0.3 is 20.7 Å².